The Kier molecular flexibility index (Phi) is 5.59. The van der Waals surface area contributed by atoms with Gasteiger partial charge < -0.3 is 15.7 Å². The monoisotopic (exact) mass is 421 g/mol. The zero-order valence-electron chi connectivity index (χ0n) is 16.5. The average molecular weight is 422 g/mol. The van der Waals surface area contributed by atoms with Crippen LogP contribution in [0.2, 0.25) is 0 Å². The summed E-state index contributed by atoms with van der Waals surface area (Å²) in [5.41, 5.74) is 6.06. The van der Waals surface area contributed by atoms with Gasteiger partial charge in [0.1, 0.15) is 0 Å². The molecule has 0 saturated carbocycles. The third kappa shape index (κ3) is 4.54. The highest BCUT2D eigenvalue weighted by atomic mass is 32.2. The molecule has 4 rings (SSSR count). The van der Waals surface area contributed by atoms with Gasteiger partial charge in [0.05, 0.1) is 12.0 Å². The molecular weight excluding hydrogens is 398 g/mol. The number of anilines is 2. The van der Waals surface area contributed by atoms with E-state index in [4.69, 9.17) is 0 Å². The van der Waals surface area contributed by atoms with Crippen LogP contribution in [0.5, 0.6) is 0 Å². The van der Waals surface area contributed by atoms with Gasteiger partial charge in [0.2, 0.25) is 10.0 Å². The minimum atomic E-state index is -3.24. The van der Waals surface area contributed by atoms with Crippen LogP contribution in [0.1, 0.15) is 16.7 Å². The standard InChI is InChI=1S/C23H23N3O3S/c1-30(28,29)24-15-16-11-13-18(14-12-16)25-22(17-7-3-2-4-8-17)21-19-9-5-6-10-20(19)26-23(21)27/h2-14,23-27H,15H2,1H3/b22-21-. The summed E-state index contributed by atoms with van der Waals surface area (Å²) >= 11 is 0. The summed E-state index contributed by atoms with van der Waals surface area (Å²) in [7, 11) is -3.24. The molecule has 1 heterocycles. The summed E-state index contributed by atoms with van der Waals surface area (Å²) < 4.78 is 25.1. The minimum Gasteiger partial charge on any atom is -0.369 e. The highest BCUT2D eigenvalue weighted by Gasteiger charge is 2.28. The van der Waals surface area contributed by atoms with E-state index in [1.807, 2.05) is 78.9 Å². The average Bonchev–Trinajstić information content (AvgIpc) is 3.07. The van der Waals surface area contributed by atoms with E-state index in [1.165, 1.54) is 0 Å². The SMILES string of the molecule is CS(=O)(=O)NCc1ccc(N/C(=C2/c3ccccc3NC2O)c2ccccc2)cc1. The van der Waals surface area contributed by atoms with Crippen molar-refractivity contribution >= 4 is 32.7 Å². The van der Waals surface area contributed by atoms with Crippen molar-refractivity contribution in [2.75, 3.05) is 16.9 Å². The lowest BCUT2D eigenvalue weighted by atomic mass is 9.99. The number of nitrogens with one attached hydrogen (secondary N) is 3. The van der Waals surface area contributed by atoms with E-state index in [0.29, 0.717) is 0 Å². The Labute approximate surface area is 176 Å². The molecule has 0 saturated heterocycles. The van der Waals surface area contributed by atoms with Crippen molar-refractivity contribution in [1.82, 2.24) is 4.72 Å². The van der Waals surface area contributed by atoms with E-state index in [9.17, 15) is 13.5 Å². The number of benzene rings is 3. The molecule has 3 aromatic rings. The molecule has 1 atom stereocenters. The Morgan fingerprint density at radius 2 is 1.63 bits per heavy atom. The van der Waals surface area contributed by atoms with Crippen LogP contribution in [-0.4, -0.2) is 26.0 Å². The minimum absolute atomic E-state index is 0.238. The van der Waals surface area contributed by atoms with E-state index in [-0.39, 0.29) is 6.54 Å². The molecule has 1 aliphatic rings. The molecule has 0 radical (unpaired) electrons. The normalized spacial score (nSPS) is 17.2. The number of sulfonamides is 1. The molecular formula is C23H23N3O3S. The van der Waals surface area contributed by atoms with E-state index < -0.39 is 16.3 Å². The van der Waals surface area contributed by atoms with Gasteiger partial charge in [0, 0.05) is 29.1 Å². The summed E-state index contributed by atoms with van der Waals surface area (Å²) in [4.78, 5) is 0. The molecule has 6 nitrogen and oxygen atoms in total. The molecule has 4 N–H and O–H groups in total. The van der Waals surface area contributed by atoms with Gasteiger partial charge in [-0.15, -0.1) is 0 Å². The van der Waals surface area contributed by atoms with Crippen LogP contribution in [0.3, 0.4) is 0 Å². The fourth-order valence-electron chi connectivity index (χ4n) is 3.45. The zero-order valence-corrected chi connectivity index (χ0v) is 17.3. The number of para-hydroxylation sites is 1. The molecule has 0 bridgehead atoms. The van der Waals surface area contributed by atoms with Crippen molar-refractivity contribution in [3.05, 3.63) is 95.6 Å². The molecule has 0 aromatic heterocycles. The molecule has 0 spiro atoms. The molecule has 30 heavy (non-hydrogen) atoms. The van der Waals surface area contributed by atoms with Crippen molar-refractivity contribution < 1.29 is 13.5 Å². The topological polar surface area (TPSA) is 90.5 Å². The van der Waals surface area contributed by atoms with Crippen molar-refractivity contribution in [2.24, 2.45) is 0 Å². The summed E-state index contributed by atoms with van der Waals surface area (Å²) in [6.07, 6.45) is 0.309. The fraction of sp³-hybridized carbons (Fsp3) is 0.130. The fourth-order valence-corrected chi connectivity index (χ4v) is 3.88. The highest BCUT2D eigenvalue weighted by molar-refractivity contribution is 7.88. The first-order chi connectivity index (χ1) is 14.4. The Bertz CT molecular complexity index is 1170. The van der Waals surface area contributed by atoms with Crippen LogP contribution in [0.25, 0.3) is 11.3 Å². The summed E-state index contributed by atoms with van der Waals surface area (Å²) in [5.74, 6) is 0. The lowest BCUT2D eigenvalue weighted by molar-refractivity contribution is 0.266. The Balaban J connectivity index is 1.69. The molecule has 1 unspecified atom stereocenters. The van der Waals surface area contributed by atoms with E-state index in [2.05, 4.69) is 15.4 Å². The Morgan fingerprint density at radius 1 is 0.967 bits per heavy atom. The van der Waals surface area contributed by atoms with Gasteiger partial charge in [-0.25, -0.2) is 13.1 Å². The van der Waals surface area contributed by atoms with Gasteiger partial charge in [-0.1, -0.05) is 60.7 Å². The van der Waals surface area contributed by atoms with Crippen LogP contribution in [-0.2, 0) is 16.6 Å². The quantitative estimate of drug-likeness (QED) is 0.489. The third-order valence-corrected chi connectivity index (χ3v) is 5.55. The number of hydrogen-bond acceptors (Lipinski definition) is 5. The zero-order chi connectivity index (χ0) is 21.1. The van der Waals surface area contributed by atoms with Crippen LogP contribution in [0, 0.1) is 0 Å². The Morgan fingerprint density at radius 3 is 2.33 bits per heavy atom. The van der Waals surface area contributed by atoms with Crippen LogP contribution < -0.4 is 15.4 Å². The first-order valence-corrected chi connectivity index (χ1v) is 11.4. The molecule has 0 aliphatic carbocycles. The van der Waals surface area contributed by atoms with Gasteiger partial charge in [0.15, 0.2) is 6.23 Å². The van der Waals surface area contributed by atoms with Gasteiger partial charge in [0.25, 0.3) is 0 Å². The van der Waals surface area contributed by atoms with Crippen LogP contribution >= 0.6 is 0 Å². The Hall–Kier alpha value is -3.13. The molecule has 0 fully saturated rings. The van der Waals surface area contributed by atoms with Gasteiger partial charge >= 0.3 is 0 Å². The maximum Gasteiger partial charge on any atom is 0.209 e. The number of fused-ring (bicyclic) bond motifs is 1. The summed E-state index contributed by atoms with van der Waals surface area (Å²) in [6, 6.07) is 25.2. The third-order valence-electron chi connectivity index (χ3n) is 4.88. The second-order valence-corrected chi connectivity index (χ2v) is 9.00. The molecule has 0 amide bonds. The van der Waals surface area contributed by atoms with Gasteiger partial charge in [-0.2, -0.15) is 0 Å². The first kappa shape index (κ1) is 20.2. The van der Waals surface area contributed by atoms with Crippen molar-refractivity contribution in [1.29, 1.82) is 0 Å². The molecule has 1 aliphatic heterocycles. The first-order valence-electron chi connectivity index (χ1n) is 9.55. The van der Waals surface area contributed by atoms with Gasteiger partial charge in [-0.05, 0) is 29.3 Å². The lowest BCUT2D eigenvalue weighted by Crippen LogP contribution is -2.21. The van der Waals surface area contributed by atoms with E-state index in [0.717, 1.165) is 45.6 Å². The molecule has 154 valence electrons. The predicted octanol–water partition coefficient (Wildman–Crippen LogP) is 3.46. The van der Waals surface area contributed by atoms with Crippen LogP contribution in [0.4, 0.5) is 11.4 Å². The summed E-state index contributed by atoms with van der Waals surface area (Å²) in [5, 5.41) is 17.3. The van der Waals surface area contributed by atoms with Crippen LogP contribution in [0.15, 0.2) is 78.9 Å². The van der Waals surface area contributed by atoms with E-state index in [1.54, 1.807) is 0 Å². The number of hydrogen-bond donors (Lipinski definition) is 4. The molecule has 3 aromatic carbocycles. The largest absolute Gasteiger partial charge is 0.369 e. The second-order valence-electron chi connectivity index (χ2n) is 7.16. The number of aliphatic hydroxyl groups excluding tert-OH is 1. The maximum absolute atomic E-state index is 11.3. The number of aliphatic hydroxyl groups is 1. The van der Waals surface area contributed by atoms with Gasteiger partial charge in [-0.3, -0.25) is 0 Å². The smallest absolute Gasteiger partial charge is 0.209 e. The van der Waals surface area contributed by atoms with Crippen molar-refractivity contribution in [3.63, 3.8) is 0 Å². The van der Waals surface area contributed by atoms with E-state index >= 15 is 0 Å². The maximum atomic E-state index is 11.3. The highest BCUT2D eigenvalue weighted by Crippen LogP contribution is 2.39. The summed E-state index contributed by atoms with van der Waals surface area (Å²) in [6.45, 7) is 0.238. The number of rotatable bonds is 6. The second kappa shape index (κ2) is 8.31. The van der Waals surface area contributed by atoms with Crippen molar-refractivity contribution in [3.8, 4) is 0 Å². The predicted molar refractivity (Wildman–Crippen MR) is 121 cm³/mol. The van der Waals surface area contributed by atoms with Crippen molar-refractivity contribution in [2.45, 2.75) is 12.8 Å². The lowest BCUT2D eigenvalue weighted by Gasteiger charge is -2.18. The molecule has 7 heteroatoms.